The Kier molecular flexibility index (Phi) is 6.65. The molecule has 108 valence electrons. The highest BCUT2D eigenvalue weighted by Gasteiger charge is 2.22. The highest BCUT2D eigenvalue weighted by molar-refractivity contribution is 4.79. The Morgan fingerprint density at radius 3 is 2.28 bits per heavy atom. The second-order valence-electron chi connectivity index (χ2n) is 7.33. The van der Waals surface area contributed by atoms with E-state index in [0.29, 0.717) is 6.04 Å². The van der Waals surface area contributed by atoms with Gasteiger partial charge in [0.1, 0.15) is 0 Å². The molecule has 1 aliphatic carbocycles. The third kappa shape index (κ3) is 6.75. The molecule has 2 nitrogen and oxygen atoms in total. The lowest BCUT2D eigenvalue weighted by molar-refractivity contribution is 0.113. The molecule has 0 aromatic carbocycles. The van der Waals surface area contributed by atoms with E-state index in [1.54, 1.807) is 0 Å². The molecule has 0 aromatic rings. The first kappa shape index (κ1) is 16.0. The Hall–Kier alpha value is -0.0800. The second kappa shape index (κ2) is 7.49. The average Bonchev–Trinajstić information content (AvgIpc) is 2.26. The lowest BCUT2D eigenvalue weighted by atomic mass is 9.83. The van der Waals surface area contributed by atoms with Gasteiger partial charge >= 0.3 is 0 Å². The number of hydrogen-bond acceptors (Lipinski definition) is 2. The van der Waals surface area contributed by atoms with Gasteiger partial charge in [-0.1, -0.05) is 40.5 Å². The van der Waals surface area contributed by atoms with E-state index < -0.39 is 0 Å². The monoisotopic (exact) mass is 255 g/mol. The minimum absolute atomic E-state index is 0.196. The van der Waals surface area contributed by atoms with Gasteiger partial charge in [0.05, 0.1) is 6.10 Å². The van der Waals surface area contributed by atoms with Gasteiger partial charge in [-0.2, -0.15) is 0 Å². The van der Waals surface area contributed by atoms with Crippen molar-refractivity contribution in [3.8, 4) is 0 Å². The zero-order valence-corrected chi connectivity index (χ0v) is 12.8. The molecule has 1 aliphatic rings. The van der Waals surface area contributed by atoms with Crippen molar-refractivity contribution in [1.82, 2.24) is 5.32 Å². The highest BCUT2D eigenvalue weighted by atomic mass is 16.3. The molecule has 2 heteroatoms. The van der Waals surface area contributed by atoms with Crippen LogP contribution in [0.2, 0.25) is 0 Å². The molecule has 1 fully saturated rings. The summed E-state index contributed by atoms with van der Waals surface area (Å²) in [5.41, 5.74) is 0.222. The van der Waals surface area contributed by atoms with Crippen molar-refractivity contribution in [1.29, 1.82) is 0 Å². The number of nitrogens with one attached hydrogen (secondary N) is 1. The van der Waals surface area contributed by atoms with Crippen molar-refractivity contribution in [2.75, 3.05) is 6.54 Å². The summed E-state index contributed by atoms with van der Waals surface area (Å²) in [5.74, 6) is 0.965. The van der Waals surface area contributed by atoms with Crippen LogP contribution in [0, 0.1) is 11.3 Å². The molecule has 1 atom stereocenters. The normalized spacial score (nSPS) is 27.2. The first-order chi connectivity index (χ1) is 8.40. The molecule has 0 saturated heterocycles. The van der Waals surface area contributed by atoms with Crippen LogP contribution in [0.3, 0.4) is 0 Å². The highest BCUT2D eigenvalue weighted by Crippen LogP contribution is 2.28. The maximum atomic E-state index is 9.99. The van der Waals surface area contributed by atoms with E-state index in [1.807, 2.05) is 0 Å². The molecule has 1 saturated carbocycles. The zero-order chi connectivity index (χ0) is 13.6. The molecule has 18 heavy (non-hydrogen) atoms. The van der Waals surface area contributed by atoms with Crippen LogP contribution in [0.25, 0.3) is 0 Å². The largest absolute Gasteiger partial charge is 0.392 e. The maximum absolute atomic E-state index is 9.99. The lowest BCUT2D eigenvalue weighted by Gasteiger charge is -2.30. The van der Waals surface area contributed by atoms with E-state index >= 15 is 0 Å². The molecule has 0 amide bonds. The summed E-state index contributed by atoms with van der Waals surface area (Å²) >= 11 is 0. The number of rotatable bonds is 6. The molecule has 0 aliphatic heterocycles. The molecule has 2 N–H and O–H groups in total. The maximum Gasteiger partial charge on any atom is 0.0669 e. The van der Waals surface area contributed by atoms with Crippen LogP contribution < -0.4 is 5.32 Å². The summed E-state index contributed by atoms with van der Waals surface area (Å²) in [4.78, 5) is 0. The topological polar surface area (TPSA) is 32.3 Å². The summed E-state index contributed by atoms with van der Waals surface area (Å²) in [6.45, 7) is 9.61. The summed E-state index contributed by atoms with van der Waals surface area (Å²) < 4.78 is 0. The molecule has 0 bridgehead atoms. The Labute approximate surface area is 114 Å². The van der Waals surface area contributed by atoms with E-state index in [0.717, 1.165) is 18.9 Å². The fourth-order valence-electron chi connectivity index (χ4n) is 3.15. The quantitative estimate of drug-likeness (QED) is 0.758. The molecule has 1 rings (SSSR count). The summed E-state index contributed by atoms with van der Waals surface area (Å²) in [6, 6.07) is 0.646. The predicted octanol–water partition coefficient (Wildman–Crippen LogP) is 3.73. The molecular weight excluding hydrogens is 222 g/mol. The van der Waals surface area contributed by atoms with Gasteiger partial charge in [-0.15, -0.1) is 0 Å². The summed E-state index contributed by atoms with van der Waals surface area (Å²) in [5, 5.41) is 13.5. The minimum Gasteiger partial charge on any atom is -0.392 e. The van der Waals surface area contributed by atoms with Gasteiger partial charge < -0.3 is 10.4 Å². The van der Waals surface area contributed by atoms with Gasteiger partial charge in [-0.3, -0.25) is 0 Å². The minimum atomic E-state index is -0.196. The van der Waals surface area contributed by atoms with Crippen molar-refractivity contribution in [2.45, 2.75) is 84.8 Å². The van der Waals surface area contributed by atoms with Crippen LogP contribution in [0.15, 0.2) is 0 Å². The van der Waals surface area contributed by atoms with Crippen molar-refractivity contribution >= 4 is 0 Å². The van der Waals surface area contributed by atoms with Crippen molar-refractivity contribution in [2.24, 2.45) is 11.3 Å². The number of hydrogen-bond donors (Lipinski definition) is 2. The van der Waals surface area contributed by atoms with Crippen molar-refractivity contribution < 1.29 is 5.11 Å². The predicted molar refractivity (Wildman–Crippen MR) is 78.7 cm³/mol. The Morgan fingerprint density at radius 2 is 1.78 bits per heavy atom. The third-order valence-corrected chi connectivity index (χ3v) is 4.03. The lowest BCUT2D eigenvalue weighted by Crippen LogP contribution is -2.39. The molecule has 0 heterocycles. The van der Waals surface area contributed by atoms with Crippen LogP contribution in [0.5, 0.6) is 0 Å². The molecule has 1 unspecified atom stereocenters. The van der Waals surface area contributed by atoms with Gasteiger partial charge in [-0.05, 0) is 43.4 Å². The van der Waals surface area contributed by atoms with Gasteiger partial charge in [-0.25, -0.2) is 0 Å². The molecule has 0 aromatic heterocycles. The number of aliphatic hydroxyl groups excluding tert-OH is 1. The first-order valence-electron chi connectivity index (χ1n) is 7.82. The van der Waals surface area contributed by atoms with E-state index in [2.05, 4.69) is 33.0 Å². The Balaban J connectivity index is 2.14. The second-order valence-corrected chi connectivity index (χ2v) is 7.33. The fourth-order valence-corrected chi connectivity index (χ4v) is 3.15. The van der Waals surface area contributed by atoms with Gasteiger partial charge in [0.2, 0.25) is 0 Å². The first-order valence-corrected chi connectivity index (χ1v) is 7.82. The standard InChI is InChI=1S/C16H33NO/c1-5-6-13-7-9-14(10-8-13)17-12-15(18)11-16(2,3)4/h13-15,17-18H,5-12H2,1-4H3. The Bertz CT molecular complexity index is 214. The van der Waals surface area contributed by atoms with Crippen LogP contribution >= 0.6 is 0 Å². The molecule has 0 radical (unpaired) electrons. The van der Waals surface area contributed by atoms with Gasteiger partial charge in [0, 0.05) is 12.6 Å². The van der Waals surface area contributed by atoms with E-state index in [1.165, 1.54) is 38.5 Å². The van der Waals surface area contributed by atoms with Crippen molar-refractivity contribution in [3.05, 3.63) is 0 Å². The van der Waals surface area contributed by atoms with Crippen LogP contribution in [-0.2, 0) is 0 Å². The summed E-state index contributed by atoms with van der Waals surface area (Å²) in [6.07, 6.45) is 8.76. The summed E-state index contributed by atoms with van der Waals surface area (Å²) in [7, 11) is 0. The van der Waals surface area contributed by atoms with E-state index in [4.69, 9.17) is 0 Å². The van der Waals surface area contributed by atoms with E-state index in [9.17, 15) is 5.11 Å². The third-order valence-electron chi connectivity index (χ3n) is 4.03. The SMILES string of the molecule is CCCC1CCC(NCC(O)CC(C)(C)C)CC1. The zero-order valence-electron chi connectivity index (χ0n) is 12.8. The van der Waals surface area contributed by atoms with Gasteiger partial charge in [0.15, 0.2) is 0 Å². The van der Waals surface area contributed by atoms with Crippen molar-refractivity contribution in [3.63, 3.8) is 0 Å². The Morgan fingerprint density at radius 1 is 1.17 bits per heavy atom. The smallest absolute Gasteiger partial charge is 0.0669 e. The molecular formula is C16H33NO. The fraction of sp³-hybridized carbons (Fsp3) is 1.00. The van der Waals surface area contributed by atoms with Crippen LogP contribution in [0.4, 0.5) is 0 Å². The van der Waals surface area contributed by atoms with Crippen LogP contribution in [0.1, 0.15) is 72.6 Å². The van der Waals surface area contributed by atoms with E-state index in [-0.39, 0.29) is 11.5 Å². The van der Waals surface area contributed by atoms with Crippen LogP contribution in [-0.4, -0.2) is 23.8 Å². The van der Waals surface area contributed by atoms with Gasteiger partial charge in [0.25, 0.3) is 0 Å². The number of aliphatic hydroxyl groups is 1. The molecule has 0 spiro atoms. The average molecular weight is 255 g/mol.